The zero-order chi connectivity index (χ0) is 17.8. The van der Waals surface area contributed by atoms with Crippen LogP contribution in [0.4, 0.5) is 0 Å². The van der Waals surface area contributed by atoms with E-state index in [1.54, 1.807) is 0 Å². The molecule has 0 unspecified atom stereocenters. The molecule has 0 spiro atoms. The number of nitrogens with zero attached hydrogens (tertiary/aromatic N) is 2. The van der Waals surface area contributed by atoms with Crippen molar-refractivity contribution in [3.05, 3.63) is 52.8 Å². The first-order valence-electron chi connectivity index (χ1n) is 9.99. The summed E-state index contributed by atoms with van der Waals surface area (Å²) in [6, 6.07) is 10.7. The lowest BCUT2D eigenvalue weighted by atomic mass is 9.95. The van der Waals surface area contributed by atoms with Gasteiger partial charge in [0.2, 0.25) is 0 Å². The molecule has 0 bridgehead atoms. The number of aromatic nitrogens is 2. The molecule has 0 radical (unpaired) electrons. The van der Waals surface area contributed by atoms with Gasteiger partial charge in [-0.25, -0.2) is 5.43 Å². The van der Waals surface area contributed by atoms with Gasteiger partial charge in [0.15, 0.2) is 5.69 Å². The largest absolute Gasteiger partial charge is 0.286 e. The Hall–Kier alpha value is -2.14. The van der Waals surface area contributed by atoms with Gasteiger partial charge in [0.1, 0.15) is 0 Å². The SMILES string of the molecule is O=C(NNC1CCCCC1)c1nn(Cc2ccccc2)c2c1CCCC2. The van der Waals surface area contributed by atoms with E-state index in [9.17, 15) is 4.79 Å². The van der Waals surface area contributed by atoms with Crippen LogP contribution in [-0.4, -0.2) is 21.7 Å². The highest BCUT2D eigenvalue weighted by Gasteiger charge is 2.25. The first-order valence-corrected chi connectivity index (χ1v) is 9.99. The van der Waals surface area contributed by atoms with Crippen LogP contribution in [0.3, 0.4) is 0 Å². The van der Waals surface area contributed by atoms with E-state index in [1.807, 2.05) is 22.9 Å². The minimum atomic E-state index is -0.0828. The van der Waals surface area contributed by atoms with E-state index in [0.29, 0.717) is 11.7 Å². The van der Waals surface area contributed by atoms with Crippen LogP contribution in [-0.2, 0) is 19.4 Å². The lowest BCUT2D eigenvalue weighted by molar-refractivity contribution is 0.0913. The molecule has 1 fully saturated rings. The van der Waals surface area contributed by atoms with Crippen molar-refractivity contribution in [2.24, 2.45) is 0 Å². The lowest BCUT2D eigenvalue weighted by Crippen LogP contribution is -2.45. The average Bonchev–Trinajstić information content (AvgIpc) is 3.06. The van der Waals surface area contributed by atoms with Gasteiger partial charge >= 0.3 is 0 Å². The Morgan fingerprint density at radius 3 is 2.62 bits per heavy atom. The normalized spacial score (nSPS) is 17.7. The highest BCUT2D eigenvalue weighted by molar-refractivity contribution is 5.93. The second kappa shape index (κ2) is 8.04. The standard InChI is InChI=1S/C21H28N4O/c26-21(23-22-17-11-5-2-6-12-17)20-18-13-7-8-14-19(18)25(24-20)15-16-9-3-1-4-10-16/h1,3-4,9-10,17,22H,2,5-8,11-15H2,(H,23,26). The molecule has 2 N–H and O–H groups in total. The predicted octanol–water partition coefficient (Wildman–Crippen LogP) is 3.38. The Kier molecular flexibility index (Phi) is 5.34. The Morgan fingerprint density at radius 2 is 1.81 bits per heavy atom. The predicted molar refractivity (Wildman–Crippen MR) is 102 cm³/mol. The van der Waals surface area contributed by atoms with E-state index in [-0.39, 0.29) is 5.91 Å². The van der Waals surface area contributed by atoms with Gasteiger partial charge in [0.25, 0.3) is 5.91 Å². The van der Waals surface area contributed by atoms with Gasteiger partial charge in [-0.2, -0.15) is 5.10 Å². The monoisotopic (exact) mass is 352 g/mol. The molecule has 2 aromatic rings. The zero-order valence-electron chi connectivity index (χ0n) is 15.3. The van der Waals surface area contributed by atoms with Crippen LogP contribution >= 0.6 is 0 Å². The molecular weight excluding hydrogens is 324 g/mol. The second-order valence-electron chi connectivity index (χ2n) is 7.56. The van der Waals surface area contributed by atoms with Crippen molar-refractivity contribution < 1.29 is 4.79 Å². The number of hydrogen-bond donors (Lipinski definition) is 2. The third kappa shape index (κ3) is 3.83. The highest BCUT2D eigenvalue weighted by Crippen LogP contribution is 2.25. The molecule has 1 heterocycles. The molecule has 1 aromatic heterocycles. The fraction of sp³-hybridized carbons (Fsp3) is 0.524. The molecule has 1 aromatic carbocycles. The summed E-state index contributed by atoms with van der Waals surface area (Å²) in [4.78, 5) is 12.8. The number of amides is 1. The van der Waals surface area contributed by atoms with Crippen LogP contribution in [0, 0.1) is 0 Å². The number of benzene rings is 1. The van der Waals surface area contributed by atoms with Gasteiger partial charge in [0.05, 0.1) is 6.54 Å². The lowest BCUT2D eigenvalue weighted by Gasteiger charge is -2.22. The molecule has 5 heteroatoms. The maximum Gasteiger partial charge on any atom is 0.286 e. The minimum Gasteiger partial charge on any atom is -0.286 e. The molecule has 138 valence electrons. The van der Waals surface area contributed by atoms with E-state index < -0.39 is 0 Å². The molecule has 0 aliphatic heterocycles. The maximum absolute atomic E-state index is 12.8. The highest BCUT2D eigenvalue weighted by atomic mass is 16.2. The van der Waals surface area contributed by atoms with Crippen LogP contribution < -0.4 is 10.9 Å². The van der Waals surface area contributed by atoms with Crippen LogP contribution in [0.5, 0.6) is 0 Å². The maximum atomic E-state index is 12.8. The van der Waals surface area contributed by atoms with Crippen molar-refractivity contribution in [3.8, 4) is 0 Å². The van der Waals surface area contributed by atoms with Gasteiger partial charge in [-0.05, 0) is 44.1 Å². The number of rotatable bonds is 5. The average molecular weight is 352 g/mol. The number of fused-ring (bicyclic) bond motifs is 1. The quantitative estimate of drug-likeness (QED) is 0.811. The molecule has 1 saturated carbocycles. The van der Waals surface area contributed by atoms with Crippen molar-refractivity contribution in [1.29, 1.82) is 0 Å². The second-order valence-corrected chi connectivity index (χ2v) is 7.56. The van der Waals surface area contributed by atoms with Gasteiger partial charge in [-0.15, -0.1) is 0 Å². The van der Waals surface area contributed by atoms with Crippen LogP contribution in [0.1, 0.15) is 72.3 Å². The Bertz CT molecular complexity index is 747. The Morgan fingerprint density at radius 1 is 1.04 bits per heavy atom. The van der Waals surface area contributed by atoms with Crippen LogP contribution in [0.25, 0.3) is 0 Å². The topological polar surface area (TPSA) is 59.0 Å². The van der Waals surface area contributed by atoms with Crippen molar-refractivity contribution >= 4 is 5.91 Å². The third-order valence-corrected chi connectivity index (χ3v) is 5.64. The van der Waals surface area contributed by atoms with Crippen LogP contribution in [0.15, 0.2) is 30.3 Å². The molecule has 0 atom stereocenters. The number of carbonyl (C=O) groups is 1. The summed E-state index contributed by atoms with van der Waals surface area (Å²) in [7, 11) is 0. The number of carbonyl (C=O) groups excluding carboxylic acids is 1. The smallest absolute Gasteiger partial charge is 0.286 e. The van der Waals surface area contributed by atoms with E-state index in [0.717, 1.165) is 44.2 Å². The molecule has 2 aliphatic carbocycles. The Balaban J connectivity index is 1.50. The number of hydrogen-bond acceptors (Lipinski definition) is 3. The molecule has 2 aliphatic rings. The van der Waals surface area contributed by atoms with E-state index in [2.05, 4.69) is 23.0 Å². The summed E-state index contributed by atoms with van der Waals surface area (Å²) in [5.74, 6) is -0.0828. The van der Waals surface area contributed by atoms with Gasteiger partial charge < -0.3 is 0 Å². The molecular formula is C21H28N4O. The van der Waals surface area contributed by atoms with Crippen molar-refractivity contribution in [2.75, 3.05) is 0 Å². The van der Waals surface area contributed by atoms with E-state index >= 15 is 0 Å². The van der Waals surface area contributed by atoms with Crippen molar-refractivity contribution in [2.45, 2.75) is 70.4 Å². The van der Waals surface area contributed by atoms with E-state index in [1.165, 1.54) is 36.9 Å². The van der Waals surface area contributed by atoms with Gasteiger partial charge in [0, 0.05) is 17.3 Å². The molecule has 4 rings (SSSR count). The number of nitrogens with one attached hydrogen (secondary N) is 2. The summed E-state index contributed by atoms with van der Waals surface area (Å²) >= 11 is 0. The summed E-state index contributed by atoms with van der Waals surface area (Å²) < 4.78 is 2.04. The Labute approximate surface area is 155 Å². The van der Waals surface area contributed by atoms with E-state index in [4.69, 9.17) is 5.10 Å². The van der Waals surface area contributed by atoms with Crippen molar-refractivity contribution in [3.63, 3.8) is 0 Å². The molecule has 26 heavy (non-hydrogen) atoms. The van der Waals surface area contributed by atoms with Crippen LogP contribution in [0.2, 0.25) is 0 Å². The number of hydrazine groups is 1. The van der Waals surface area contributed by atoms with Crippen molar-refractivity contribution in [1.82, 2.24) is 20.6 Å². The molecule has 1 amide bonds. The summed E-state index contributed by atoms with van der Waals surface area (Å²) in [5, 5.41) is 4.72. The fourth-order valence-electron chi connectivity index (χ4n) is 4.21. The first kappa shape index (κ1) is 17.3. The fourth-order valence-corrected chi connectivity index (χ4v) is 4.21. The van der Waals surface area contributed by atoms with Gasteiger partial charge in [-0.3, -0.25) is 14.9 Å². The van der Waals surface area contributed by atoms with Gasteiger partial charge in [-0.1, -0.05) is 49.6 Å². The first-order chi connectivity index (χ1) is 12.8. The summed E-state index contributed by atoms with van der Waals surface area (Å²) in [6.45, 7) is 0.729. The summed E-state index contributed by atoms with van der Waals surface area (Å²) in [6.07, 6.45) is 10.4. The molecule has 5 nitrogen and oxygen atoms in total. The third-order valence-electron chi connectivity index (χ3n) is 5.64. The minimum absolute atomic E-state index is 0.0828. The molecule has 0 saturated heterocycles. The zero-order valence-corrected chi connectivity index (χ0v) is 15.3. The summed E-state index contributed by atoms with van der Waals surface area (Å²) in [5.41, 5.74) is 10.4.